The van der Waals surface area contributed by atoms with Crippen LogP contribution in [0.25, 0.3) is 56.5 Å². The number of hydrogen-bond donors (Lipinski definition) is 2. The van der Waals surface area contributed by atoms with E-state index in [4.69, 9.17) is 25.2 Å². The number of furan rings is 1. The fraction of sp³-hybridized carbons (Fsp3) is 0.242. The van der Waals surface area contributed by atoms with Crippen LogP contribution in [0.15, 0.2) is 192 Å². The molecule has 2 aromatic heterocycles. The van der Waals surface area contributed by atoms with Crippen LogP contribution in [0, 0.1) is 0 Å². The maximum atomic E-state index is 11.9. The summed E-state index contributed by atoms with van der Waals surface area (Å²) < 4.78 is 113. The van der Waals surface area contributed by atoms with Gasteiger partial charge in [0.25, 0.3) is 15.6 Å². The number of fused-ring (bicyclic) bond motifs is 4. The van der Waals surface area contributed by atoms with Crippen molar-refractivity contribution in [3.63, 3.8) is 0 Å². The zero-order chi connectivity index (χ0) is 58.3. The highest BCUT2D eigenvalue weighted by molar-refractivity contribution is 8.03. The molecule has 0 saturated heterocycles. The molecule has 428 valence electrons. The van der Waals surface area contributed by atoms with Crippen molar-refractivity contribution in [1.29, 1.82) is 0 Å². The van der Waals surface area contributed by atoms with Gasteiger partial charge in [0.15, 0.2) is 22.3 Å². The average molecular weight is 1200 g/mol. The lowest BCUT2D eigenvalue weighted by atomic mass is 10.0. The Balaban J connectivity index is 0.000000201. The van der Waals surface area contributed by atoms with Gasteiger partial charge < -0.3 is 32.5 Å². The van der Waals surface area contributed by atoms with Crippen LogP contribution in [0.3, 0.4) is 0 Å². The third-order valence-electron chi connectivity index (χ3n) is 14.0. The van der Waals surface area contributed by atoms with E-state index in [0.717, 1.165) is 73.0 Å². The zero-order valence-electron chi connectivity index (χ0n) is 45.9. The molecule has 15 nitrogen and oxygen atoms in total. The van der Waals surface area contributed by atoms with Crippen molar-refractivity contribution in [3.8, 4) is 28.0 Å². The molecule has 2 unspecified atom stereocenters. The molecule has 0 amide bonds. The van der Waals surface area contributed by atoms with Crippen molar-refractivity contribution in [2.45, 2.75) is 76.5 Å². The summed E-state index contributed by atoms with van der Waals surface area (Å²) in [4.78, 5) is 4.88. The number of aryl methyl sites for hydroxylation is 2. The third kappa shape index (κ3) is 14.6. The lowest BCUT2D eigenvalue weighted by Gasteiger charge is -2.19. The second-order valence-corrected chi connectivity index (χ2v) is 26.4. The number of aromatic nitrogens is 1. The molecule has 0 fully saturated rings. The highest BCUT2D eigenvalue weighted by Gasteiger charge is 2.30. The molecular weight excluding hydrogens is 1140 g/mol. The van der Waals surface area contributed by atoms with Crippen LogP contribution in [-0.4, -0.2) is 65.2 Å². The second kappa shape index (κ2) is 25.7. The topological polar surface area (TPSA) is 207 Å². The van der Waals surface area contributed by atoms with Gasteiger partial charge in [-0.15, -0.1) is 0 Å². The van der Waals surface area contributed by atoms with Crippen molar-refractivity contribution < 1.29 is 52.8 Å². The first-order valence-corrected chi connectivity index (χ1v) is 32.9. The molecule has 20 heteroatoms. The number of ether oxygens (including phenoxy) is 1. The summed E-state index contributed by atoms with van der Waals surface area (Å²) in [6.07, 6.45) is 11.6. The summed E-state index contributed by atoms with van der Waals surface area (Å²) in [6.45, 7) is 8.27. The smallest absolute Gasteiger partial charge is 0.374 e. The normalized spacial score (nSPS) is 15.8. The highest BCUT2D eigenvalue weighted by atomic mass is 35.5. The van der Waals surface area contributed by atoms with Gasteiger partial charge in [-0.2, -0.15) is 17.3 Å². The van der Waals surface area contributed by atoms with E-state index >= 15 is 0 Å². The Morgan fingerprint density at radius 1 is 0.744 bits per heavy atom. The Bertz CT molecular complexity index is 4140. The summed E-state index contributed by atoms with van der Waals surface area (Å²) >= 11 is 7.89. The van der Waals surface area contributed by atoms with Gasteiger partial charge in [0.2, 0.25) is 11.5 Å². The van der Waals surface area contributed by atoms with E-state index < -0.39 is 41.2 Å². The van der Waals surface area contributed by atoms with E-state index in [-0.39, 0.29) is 32.6 Å². The minimum Gasteiger partial charge on any atom is -0.748 e. The number of oxazole rings is 1. The van der Waals surface area contributed by atoms with E-state index in [1.807, 2.05) is 101 Å². The standard InChI is InChI=1S/C32H33ClN2O8S2.C30H30N2O3S2/c1-3-23(18-31-34(15-7-17-44(36,37)38)28-21-26(33)11-13-30(28)43-31)19-32-35(16-14-22(2)45(39,40)41)27-20-25(10-12-29(27)42-32)24-8-5-4-6-9-24;1-4-21(18-30-32(20-31-37(3,33)34)26-13-9-10-14-29(26)36-30)17-28-24(5-2)25-19-23(15-16-27(25)35-28)22-11-7-6-8-12-22/h4-6,8-13,18-22H,3,7,14-17H2,1-2H3,(H-,36,37,38,39,40,41);6-19H,4-5,20H2,1-3H3,(H,31,33,34)/b;21-17?,30-18-. The summed E-state index contributed by atoms with van der Waals surface area (Å²) in [5.41, 5.74) is 11.3. The Morgan fingerprint density at radius 2 is 1.39 bits per heavy atom. The van der Waals surface area contributed by atoms with Gasteiger partial charge in [0.05, 0.1) is 37.8 Å². The molecule has 0 spiro atoms. The second-order valence-electron chi connectivity index (χ2n) is 19.8. The molecule has 82 heavy (non-hydrogen) atoms. The van der Waals surface area contributed by atoms with Crippen molar-refractivity contribution in [2.24, 2.45) is 4.36 Å². The Morgan fingerprint density at radius 3 is 2.04 bits per heavy atom. The minimum atomic E-state index is -4.39. The average Bonchev–Trinajstić information content (AvgIpc) is 4.25. The van der Waals surface area contributed by atoms with Crippen LogP contribution >= 0.6 is 23.4 Å². The first-order chi connectivity index (χ1) is 39.2. The first kappa shape index (κ1) is 59.7. The van der Waals surface area contributed by atoms with Crippen LogP contribution in [-0.2, 0) is 43.2 Å². The molecule has 2 aliphatic heterocycles. The molecule has 0 saturated carbocycles. The van der Waals surface area contributed by atoms with Crippen molar-refractivity contribution >= 4 is 99.2 Å². The van der Waals surface area contributed by atoms with E-state index in [2.05, 4.69) is 78.9 Å². The highest BCUT2D eigenvalue weighted by Crippen LogP contribution is 2.47. The van der Waals surface area contributed by atoms with Crippen molar-refractivity contribution in [3.05, 3.63) is 196 Å². The van der Waals surface area contributed by atoms with Gasteiger partial charge in [-0.05, 0) is 127 Å². The van der Waals surface area contributed by atoms with Crippen LogP contribution < -0.4 is 19.1 Å². The third-order valence-corrected chi connectivity index (χ3v) is 18.0. The van der Waals surface area contributed by atoms with E-state index in [1.165, 1.54) is 29.9 Å². The van der Waals surface area contributed by atoms with Crippen LogP contribution in [0.4, 0.5) is 11.4 Å². The molecule has 0 aliphatic carbocycles. The van der Waals surface area contributed by atoms with Crippen molar-refractivity contribution in [2.75, 3.05) is 35.0 Å². The number of allylic oxidation sites excluding steroid dienone is 4. The number of halogens is 1. The van der Waals surface area contributed by atoms with E-state index in [1.54, 1.807) is 34.9 Å². The number of para-hydroxylation sites is 1. The van der Waals surface area contributed by atoms with Gasteiger partial charge in [0, 0.05) is 58.0 Å². The van der Waals surface area contributed by atoms with Gasteiger partial charge in [-0.1, -0.05) is 129 Å². The van der Waals surface area contributed by atoms with Gasteiger partial charge in [-0.3, -0.25) is 4.55 Å². The van der Waals surface area contributed by atoms with E-state index in [0.29, 0.717) is 40.2 Å². The molecule has 6 aromatic carbocycles. The van der Waals surface area contributed by atoms with Gasteiger partial charge in [-0.25, -0.2) is 12.6 Å². The Labute approximate surface area is 488 Å². The maximum absolute atomic E-state index is 11.9. The predicted molar refractivity (Wildman–Crippen MR) is 329 cm³/mol. The fourth-order valence-corrected chi connectivity index (χ4v) is 12.1. The number of thioether (sulfide) groups is 1. The summed E-state index contributed by atoms with van der Waals surface area (Å²) in [5.74, 6) is 1.79. The Hall–Kier alpha value is -6.94. The number of benzene rings is 6. The summed E-state index contributed by atoms with van der Waals surface area (Å²) in [6, 6.07) is 45.6. The molecule has 2 atom stereocenters. The first-order valence-electron chi connectivity index (χ1n) is 26.7. The van der Waals surface area contributed by atoms with Crippen LogP contribution in [0.2, 0.25) is 5.02 Å². The molecule has 10 rings (SSSR count). The molecule has 2 N–H and O–H groups in total. The molecular formula is C62H63ClN4O11S4. The predicted octanol–water partition coefficient (Wildman–Crippen LogP) is 14.6. The Kier molecular flexibility index (Phi) is 18.7. The van der Waals surface area contributed by atoms with E-state index in [9.17, 15) is 34.7 Å². The lowest BCUT2D eigenvalue weighted by Crippen LogP contribution is -2.37. The van der Waals surface area contributed by atoms with Crippen LogP contribution in [0.5, 0.6) is 5.75 Å². The lowest BCUT2D eigenvalue weighted by molar-refractivity contribution is -0.678. The van der Waals surface area contributed by atoms with Gasteiger partial charge >= 0.3 is 5.89 Å². The maximum Gasteiger partial charge on any atom is 0.374 e. The summed E-state index contributed by atoms with van der Waals surface area (Å²) in [5, 5.41) is 1.60. The molecule has 0 bridgehead atoms. The largest absolute Gasteiger partial charge is 0.748 e. The number of rotatable bonds is 19. The summed E-state index contributed by atoms with van der Waals surface area (Å²) in [7, 11) is -11.8. The molecule has 0 radical (unpaired) electrons. The molecule has 2 aliphatic rings. The molecule has 4 heterocycles. The van der Waals surface area contributed by atoms with Gasteiger partial charge in [0.1, 0.15) is 18.0 Å². The van der Waals surface area contributed by atoms with Crippen molar-refractivity contribution in [1.82, 2.24) is 0 Å². The minimum absolute atomic E-state index is 0.0862. The number of anilines is 2. The fourth-order valence-electron chi connectivity index (χ4n) is 9.59. The zero-order valence-corrected chi connectivity index (χ0v) is 49.9. The quantitative estimate of drug-likeness (QED) is 0.0571. The molecule has 8 aromatic rings. The number of hydrogen-bond acceptors (Lipinski definition) is 13. The SMILES string of the molecule is CCC(=Cc1oc2ccc(-c3ccccc3)cc2[n+]1CCC(C)S(=O)(=O)O)C=C1Oc2ccc(Cl)cc2N1CCCS(=O)(=O)[O-].CCC(=Cc1oc2ccc(-c3ccccc3)cc2c1CC)/C=C1\Sc2ccccc2N1CN=S(C)(=O)O. The monoisotopic (exact) mass is 1200 g/mol. The van der Waals surface area contributed by atoms with Crippen LogP contribution in [0.1, 0.15) is 70.6 Å². The number of nitrogens with zero attached hydrogens (tertiary/aromatic N) is 4.